The van der Waals surface area contributed by atoms with Gasteiger partial charge in [-0.3, -0.25) is 0 Å². The zero-order chi connectivity index (χ0) is 17.6. The largest absolute Gasteiger partial charge is 0.444 e. The lowest BCUT2D eigenvalue weighted by Gasteiger charge is -2.21. The van der Waals surface area contributed by atoms with Crippen LogP contribution in [0.3, 0.4) is 0 Å². The van der Waals surface area contributed by atoms with E-state index in [1.165, 1.54) is 0 Å². The number of carbonyl (C=O) groups excluding carboxylic acids is 1. The third kappa shape index (κ3) is 6.56. The number of alkyl carbamates (subject to hydrolysis) is 1. The van der Waals surface area contributed by atoms with E-state index < -0.39 is 23.9 Å². The van der Waals surface area contributed by atoms with Gasteiger partial charge in [0.1, 0.15) is 11.7 Å². The van der Waals surface area contributed by atoms with Crippen LogP contribution in [0.25, 0.3) is 0 Å². The molecular formula is C17H27NO5. The molecule has 0 radical (unpaired) electrons. The van der Waals surface area contributed by atoms with Crippen LogP contribution in [-0.2, 0) is 11.3 Å². The summed E-state index contributed by atoms with van der Waals surface area (Å²) in [5, 5.41) is 32.0. The quantitative estimate of drug-likeness (QED) is 0.639. The van der Waals surface area contributed by atoms with Gasteiger partial charge >= 0.3 is 6.09 Å². The molecule has 0 aromatic heterocycles. The van der Waals surface area contributed by atoms with Crippen molar-refractivity contribution in [3.63, 3.8) is 0 Å². The first-order chi connectivity index (χ1) is 10.6. The van der Waals surface area contributed by atoms with Crippen molar-refractivity contribution in [3.8, 4) is 0 Å². The van der Waals surface area contributed by atoms with Gasteiger partial charge in [0.05, 0.1) is 12.7 Å². The number of aliphatic hydroxyl groups is 3. The van der Waals surface area contributed by atoms with E-state index in [1.807, 2.05) is 6.92 Å². The van der Waals surface area contributed by atoms with E-state index in [2.05, 4.69) is 5.32 Å². The van der Waals surface area contributed by atoms with Crippen LogP contribution in [-0.4, -0.2) is 39.7 Å². The molecule has 1 aromatic carbocycles. The maximum atomic E-state index is 11.5. The Bertz CT molecular complexity index is 524. The first-order valence-electron chi connectivity index (χ1n) is 7.67. The summed E-state index contributed by atoms with van der Waals surface area (Å²) in [6.45, 7) is 7.22. The van der Waals surface area contributed by atoms with Crippen LogP contribution in [0.1, 0.15) is 50.0 Å². The van der Waals surface area contributed by atoms with Crippen LogP contribution in [0.4, 0.5) is 4.79 Å². The summed E-state index contributed by atoms with van der Waals surface area (Å²) in [6.07, 6.45) is -2.49. The monoisotopic (exact) mass is 325 g/mol. The maximum Gasteiger partial charge on any atom is 0.407 e. The zero-order valence-electron chi connectivity index (χ0n) is 14.2. The first-order valence-corrected chi connectivity index (χ1v) is 7.67. The molecule has 2 unspecified atom stereocenters. The fourth-order valence-corrected chi connectivity index (χ4v) is 2.06. The van der Waals surface area contributed by atoms with Gasteiger partial charge in [-0.15, -0.1) is 0 Å². The highest BCUT2D eigenvalue weighted by molar-refractivity contribution is 5.67. The molecule has 1 rings (SSSR count). The number of ether oxygens (including phenoxy) is 1. The van der Waals surface area contributed by atoms with Crippen molar-refractivity contribution in [1.82, 2.24) is 5.32 Å². The van der Waals surface area contributed by atoms with E-state index in [0.717, 1.165) is 5.56 Å². The number of amides is 1. The highest BCUT2D eigenvalue weighted by Gasteiger charge is 2.20. The molecule has 0 heterocycles. The number of benzene rings is 1. The summed E-state index contributed by atoms with van der Waals surface area (Å²) in [6, 6.07) is 5.17. The molecule has 6 heteroatoms. The second-order valence-corrected chi connectivity index (χ2v) is 6.57. The number of hydrogen-bond acceptors (Lipinski definition) is 5. The van der Waals surface area contributed by atoms with Crippen molar-refractivity contribution in [1.29, 1.82) is 0 Å². The molecule has 6 nitrogen and oxygen atoms in total. The van der Waals surface area contributed by atoms with E-state index in [1.54, 1.807) is 39.0 Å². The van der Waals surface area contributed by atoms with Crippen molar-refractivity contribution in [2.75, 3.05) is 6.54 Å². The van der Waals surface area contributed by atoms with E-state index in [4.69, 9.17) is 4.74 Å². The molecule has 2 atom stereocenters. The Kier molecular flexibility index (Phi) is 7.00. The maximum absolute atomic E-state index is 11.5. The summed E-state index contributed by atoms with van der Waals surface area (Å²) >= 11 is 0. The standard InChI is InChI=1S/C17H27NO5/c1-11-5-6-12(9-13(11)10-19)15(21)14(20)7-8-18-16(22)23-17(2,3)4/h5-6,9,14-15,19-21H,7-8,10H2,1-4H3,(H,18,22). The summed E-state index contributed by atoms with van der Waals surface area (Å²) in [5.41, 5.74) is 1.58. The van der Waals surface area contributed by atoms with E-state index in [-0.39, 0.29) is 19.6 Å². The van der Waals surface area contributed by atoms with Crippen molar-refractivity contribution >= 4 is 6.09 Å². The highest BCUT2D eigenvalue weighted by atomic mass is 16.6. The Morgan fingerprint density at radius 1 is 1.30 bits per heavy atom. The summed E-state index contributed by atoms with van der Waals surface area (Å²) in [5.74, 6) is 0. The van der Waals surface area contributed by atoms with Crippen LogP contribution in [0, 0.1) is 6.92 Å². The third-order valence-electron chi connectivity index (χ3n) is 3.36. The minimum Gasteiger partial charge on any atom is -0.444 e. The molecule has 0 saturated heterocycles. The van der Waals surface area contributed by atoms with Gasteiger partial charge in [0, 0.05) is 6.54 Å². The number of carbonyl (C=O) groups is 1. The number of nitrogens with one attached hydrogen (secondary N) is 1. The molecule has 0 aliphatic rings. The Balaban J connectivity index is 2.51. The van der Waals surface area contributed by atoms with Crippen molar-refractivity contribution in [3.05, 3.63) is 34.9 Å². The Labute approximate surface area is 137 Å². The lowest BCUT2D eigenvalue weighted by atomic mass is 9.98. The molecule has 0 saturated carbocycles. The van der Waals surface area contributed by atoms with Gasteiger partial charge in [-0.25, -0.2) is 4.79 Å². The van der Waals surface area contributed by atoms with E-state index in [9.17, 15) is 20.1 Å². The SMILES string of the molecule is Cc1ccc(C(O)C(O)CCNC(=O)OC(C)(C)C)cc1CO. The number of hydrogen-bond donors (Lipinski definition) is 4. The Morgan fingerprint density at radius 2 is 1.96 bits per heavy atom. The zero-order valence-corrected chi connectivity index (χ0v) is 14.2. The molecule has 1 amide bonds. The molecular weight excluding hydrogens is 298 g/mol. The van der Waals surface area contributed by atoms with Gasteiger partial charge in [-0.1, -0.05) is 18.2 Å². The minimum atomic E-state index is -1.08. The molecule has 1 aromatic rings. The van der Waals surface area contributed by atoms with Crippen LogP contribution in [0.5, 0.6) is 0 Å². The lowest BCUT2D eigenvalue weighted by molar-refractivity contribution is 0.0122. The molecule has 0 bridgehead atoms. The summed E-state index contributed by atoms with van der Waals surface area (Å²) < 4.78 is 5.09. The number of aliphatic hydroxyl groups excluding tert-OH is 3. The minimum absolute atomic E-state index is 0.122. The molecule has 130 valence electrons. The van der Waals surface area contributed by atoms with E-state index >= 15 is 0 Å². The second-order valence-electron chi connectivity index (χ2n) is 6.57. The average molecular weight is 325 g/mol. The van der Waals surface area contributed by atoms with Crippen LogP contribution in [0.2, 0.25) is 0 Å². The molecule has 4 N–H and O–H groups in total. The Hall–Kier alpha value is -1.63. The normalized spacial score (nSPS) is 14.2. The summed E-state index contributed by atoms with van der Waals surface area (Å²) in [4.78, 5) is 11.5. The fraction of sp³-hybridized carbons (Fsp3) is 0.588. The number of rotatable bonds is 6. The molecule has 0 spiro atoms. The molecule has 0 aliphatic heterocycles. The smallest absolute Gasteiger partial charge is 0.407 e. The fourth-order valence-electron chi connectivity index (χ4n) is 2.06. The summed E-state index contributed by atoms with van der Waals surface area (Å²) in [7, 11) is 0. The van der Waals surface area contributed by atoms with Gasteiger partial charge in [-0.2, -0.15) is 0 Å². The van der Waals surface area contributed by atoms with Gasteiger partial charge in [0.25, 0.3) is 0 Å². The first kappa shape index (κ1) is 19.4. The van der Waals surface area contributed by atoms with Gasteiger partial charge in [0.2, 0.25) is 0 Å². The van der Waals surface area contributed by atoms with Gasteiger partial charge in [-0.05, 0) is 50.8 Å². The predicted octanol–water partition coefficient (Wildman–Crippen LogP) is 1.80. The van der Waals surface area contributed by atoms with Gasteiger partial charge in [0.15, 0.2) is 0 Å². The third-order valence-corrected chi connectivity index (χ3v) is 3.36. The average Bonchev–Trinajstić information content (AvgIpc) is 2.45. The predicted molar refractivity (Wildman–Crippen MR) is 86.9 cm³/mol. The van der Waals surface area contributed by atoms with Gasteiger partial charge < -0.3 is 25.4 Å². The molecule has 23 heavy (non-hydrogen) atoms. The van der Waals surface area contributed by atoms with Crippen molar-refractivity contribution in [2.24, 2.45) is 0 Å². The van der Waals surface area contributed by atoms with Crippen molar-refractivity contribution in [2.45, 2.75) is 58.5 Å². The topological polar surface area (TPSA) is 99.0 Å². The van der Waals surface area contributed by atoms with Crippen molar-refractivity contribution < 1.29 is 24.9 Å². The second kappa shape index (κ2) is 8.29. The lowest BCUT2D eigenvalue weighted by Crippen LogP contribution is -2.34. The van der Waals surface area contributed by atoms with Crippen LogP contribution >= 0.6 is 0 Å². The van der Waals surface area contributed by atoms with Crippen LogP contribution in [0.15, 0.2) is 18.2 Å². The molecule has 0 aliphatic carbocycles. The molecule has 0 fully saturated rings. The number of aryl methyl sites for hydroxylation is 1. The van der Waals surface area contributed by atoms with Crippen LogP contribution < -0.4 is 5.32 Å². The Morgan fingerprint density at radius 3 is 2.52 bits per heavy atom. The van der Waals surface area contributed by atoms with E-state index in [0.29, 0.717) is 11.1 Å². The highest BCUT2D eigenvalue weighted by Crippen LogP contribution is 2.22.